The van der Waals surface area contributed by atoms with E-state index in [1.54, 1.807) is 18.3 Å². The van der Waals surface area contributed by atoms with Crippen molar-refractivity contribution in [3.05, 3.63) is 53.2 Å². The standard InChI is InChI=1S/C18H22N2O4/c1-18(2,3)14-11-20-16(24-14)9-8-15(21)19-10-12-4-6-13(7-5-12)17(22)23/h4-7,11H,8-10H2,1-3H3,(H,19,21)(H,22,23). The molecule has 1 amide bonds. The molecule has 0 saturated heterocycles. The van der Waals surface area contributed by atoms with Gasteiger partial charge < -0.3 is 14.8 Å². The van der Waals surface area contributed by atoms with Gasteiger partial charge in [-0.15, -0.1) is 0 Å². The fourth-order valence-corrected chi connectivity index (χ4v) is 2.05. The number of aromatic nitrogens is 1. The summed E-state index contributed by atoms with van der Waals surface area (Å²) >= 11 is 0. The summed E-state index contributed by atoms with van der Waals surface area (Å²) in [5.41, 5.74) is 0.971. The summed E-state index contributed by atoms with van der Waals surface area (Å²) in [4.78, 5) is 26.9. The number of nitrogens with one attached hydrogen (secondary N) is 1. The van der Waals surface area contributed by atoms with Gasteiger partial charge in [-0.1, -0.05) is 32.9 Å². The Kier molecular flexibility index (Phi) is 5.39. The van der Waals surface area contributed by atoms with E-state index in [9.17, 15) is 9.59 Å². The van der Waals surface area contributed by atoms with Gasteiger partial charge in [0.2, 0.25) is 5.91 Å². The highest BCUT2D eigenvalue weighted by atomic mass is 16.4. The number of nitrogens with zero attached hydrogens (tertiary/aromatic N) is 1. The van der Waals surface area contributed by atoms with Crippen LogP contribution in [0.25, 0.3) is 0 Å². The fourth-order valence-electron chi connectivity index (χ4n) is 2.05. The lowest BCUT2D eigenvalue weighted by Crippen LogP contribution is -2.23. The van der Waals surface area contributed by atoms with Gasteiger partial charge in [0.1, 0.15) is 5.76 Å². The topological polar surface area (TPSA) is 92.4 Å². The highest BCUT2D eigenvalue weighted by Crippen LogP contribution is 2.22. The van der Waals surface area contributed by atoms with E-state index in [-0.39, 0.29) is 23.3 Å². The van der Waals surface area contributed by atoms with Crippen molar-refractivity contribution in [2.24, 2.45) is 0 Å². The Morgan fingerprint density at radius 2 is 1.88 bits per heavy atom. The molecular formula is C18H22N2O4. The molecule has 0 spiro atoms. The van der Waals surface area contributed by atoms with Gasteiger partial charge in [-0.05, 0) is 17.7 Å². The summed E-state index contributed by atoms with van der Waals surface area (Å²) < 4.78 is 5.65. The van der Waals surface area contributed by atoms with Crippen LogP contribution in [0.2, 0.25) is 0 Å². The molecule has 0 atom stereocenters. The number of aryl methyl sites for hydroxylation is 1. The lowest BCUT2D eigenvalue weighted by atomic mass is 9.94. The first-order valence-electron chi connectivity index (χ1n) is 7.80. The molecule has 6 heteroatoms. The molecule has 1 aromatic heterocycles. The van der Waals surface area contributed by atoms with Crippen molar-refractivity contribution in [1.82, 2.24) is 10.3 Å². The lowest BCUT2D eigenvalue weighted by molar-refractivity contribution is -0.121. The van der Waals surface area contributed by atoms with Crippen molar-refractivity contribution >= 4 is 11.9 Å². The number of oxazole rings is 1. The zero-order valence-corrected chi connectivity index (χ0v) is 14.1. The molecule has 0 aliphatic heterocycles. The maximum atomic E-state index is 11.9. The molecule has 0 aliphatic rings. The second kappa shape index (κ2) is 7.29. The molecule has 2 rings (SSSR count). The summed E-state index contributed by atoms with van der Waals surface area (Å²) in [7, 11) is 0. The molecule has 2 aromatic rings. The van der Waals surface area contributed by atoms with E-state index in [0.29, 0.717) is 18.9 Å². The molecule has 1 heterocycles. The van der Waals surface area contributed by atoms with Gasteiger partial charge in [0, 0.05) is 24.8 Å². The number of hydrogen-bond acceptors (Lipinski definition) is 4. The average Bonchev–Trinajstić information content (AvgIpc) is 3.00. The van der Waals surface area contributed by atoms with E-state index in [1.165, 1.54) is 12.1 Å². The van der Waals surface area contributed by atoms with E-state index in [0.717, 1.165) is 11.3 Å². The Balaban J connectivity index is 1.79. The summed E-state index contributed by atoms with van der Waals surface area (Å²) in [5.74, 6) is 0.288. The van der Waals surface area contributed by atoms with Crippen molar-refractivity contribution in [3.8, 4) is 0 Å². The van der Waals surface area contributed by atoms with Crippen LogP contribution in [0.1, 0.15) is 54.8 Å². The highest BCUT2D eigenvalue weighted by molar-refractivity contribution is 5.87. The average molecular weight is 330 g/mol. The Labute approximate surface area is 140 Å². The van der Waals surface area contributed by atoms with Crippen LogP contribution >= 0.6 is 0 Å². The van der Waals surface area contributed by atoms with E-state index in [2.05, 4.69) is 10.3 Å². The third-order valence-corrected chi connectivity index (χ3v) is 3.55. The van der Waals surface area contributed by atoms with Crippen LogP contribution < -0.4 is 5.32 Å². The van der Waals surface area contributed by atoms with Gasteiger partial charge in [0.15, 0.2) is 5.89 Å². The van der Waals surface area contributed by atoms with E-state index in [4.69, 9.17) is 9.52 Å². The van der Waals surface area contributed by atoms with Crippen LogP contribution in [-0.4, -0.2) is 22.0 Å². The number of benzene rings is 1. The fraction of sp³-hybridized carbons (Fsp3) is 0.389. The van der Waals surface area contributed by atoms with Crippen LogP contribution in [0.15, 0.2) is 34.9 Å². The minimum absolute atomic E-state index is 0.102. The first kappa shape index (κ1) is 17.7. The normalized spacial score (nSPS) is 11.3. The number of carbonyl (C=O) groups is 2. The minimum Gasteiger partial charge on any atom is -0.478 e. The van der Waals surface area contributed by atoms with E-state index in [1.807, 2.05) is 20.8 Å². The molecule has 0 saturated carbocycles. The molecule has 0 aliphatic carbocycles. The van der Waals surface area contributed by atoms with Gasteiger partial charge in [-0.2, -0.15) is 0 Å². The van der Waals surface area contributed by atoms with Crippen LogP contribution in [-0.2, 0) is 23.2 Å². The third kappa shape index (κ3) is 4.94. The predicted molar refractivity (Wildman–Crippen MR) is 88.8 cm³/mol. The largest absolute Gasteiger partial charge is 0.478 e. The predicted octanol–water partition coefficient (Wildman–Crippen LogP) is 2.92. The highest BCUT2D eigenvalue weighted by Gasteiger charge is 2.19. The van der Waals surface area contributed by atoms with Crippen LogP contribution in [0, 0.1) is 0 Å². The van der Waals surface area contributed by atoms with Crippen molar-refractivity contribution in [3.63, 3.8) is 0 Å². The van der Waals surface area contributed by atoms with Crippen LogP contribution in [0.3, 0.4) is 0 Å². The monoisotopic (exact) mass is 330 g/mol. The van der Waals surface area contributed by atoms with Gasteiger partial charge in [0.25, 0.3) is 0 Å². The summed E-state index contributed by atoms with van der Waals surface area (Å²) in [5, 5.41) is 11.6. The summed E-state index contributed by atoms with van der Waals surface area (Å²) in [6.45, 7) is 6.48. The maximum absolute atomic E-state index is 11.9. The number of carbonyl (C=O) groups excluding carboxylic acids is 1. The van der Waals surface area contributed by atoms with E-state index < -0.39 is 5.97 Å². The molecule has 0 radical (unpaired) electrons. The maximum Gasteiger partial charge on any atom is 0.335 e. The molecule has 1 aromatic carbocycles. The zero-order valence-electron chi connectivity index (χ0n) is 14.1. The smallest absolute Gasteiger partial charge is 0.335 e. The molecule has 0 unspecified atom stereocenters. The SMILES string of the molecule is CC(C)(C)c1cnc(CCC(=O)NCc2ccc(C(=O)O)cc2)o1. The molecule has 24 heavy (non-hydrogen) atoms. The number of carboxylic acid groups (broad SMARTS) is 1. The summed E-state index contributed by atoms with van der Waals surface area (Å²) in [6, 6.07) is 6.41. The van der Waals surface area contributed by atoms with Crippen molar-refractivity contribution < 1.29 is 19.1 Å². The number of amides is 1. The number of hydrogen-bond donors (Lipinski definition) is 2. The number of carboxylic acids is 1. The number of rotatable bonds is 6. The zero-order chi connectivity index (χ0) is 17.7. The molecule has 0 fully saturated rings. The quantitative estimate of drug-likeness (QED) is 0.849. The molecule has 0 bridgehead atoms. The Morgan fingerprint density at radius 1 is 1.21 bits per heavy atom. The molecular weight excluding hydrogens is 308 g/mol. The van der Waals surface area contributed by atoms with Crippen molar-refractivity contribution in [1.29, 1.82) is 0 Å². The second-order valence-corrected chi connectivity index (χ2v) is 6.65. The van der Waals surface area contributed by atoms with Gasteiger partial charge >= 0.3 is 5.97 Å². The number of aromatic carboxylic acids is 1. The van der Waals surface area contributed by atoms with E-state index >= 15 is 0 Å². The summed E-state index contributed by atoms with van der Waals surface area (Å²) in [6.07, 6.45) is 2.44. The first-order valence-corrected chi connectivity index (χ1v) is 7.80. The molecule has 128 valence electrons. The Morgan fingerprint density at radius 3 is 2.42 bits per heavy atom. The lowest BCUT2D eigenvalue weighted by Gasteiger charge is -2.13. The van der Waals surface area contributed by atoms with Crippen molar-refractivity contribution in [2.45, 2.75) is 45.6 Å². The third-order valence-electron chi connectivity index (χ3n) is 3.55. The van der Waals surface area contributed by atoms with Crippen LogP contribution in [0.4, 0.5) is 0 Å². The Hall–Kier alpha value is -2.63. The van der Waals surface area contributed by atoms with Gasteiger partial charge in [0.05, 0.1) is 11.8 Å². The molecule has 6 nitrogen and oxygen atoms in total. The molecule has 2 N–H and O–H groups in total. The minimum atomic E-state index is -0.967. The van der Waals surface area contributed by atoms with Gasteiger partial charge in [-0.3, -0.25) is 4.79 Å². The first-order chi connectivity index (χ1) is 11.3. The second-order valence-electron chi connectivity index (χ2n) is 6.65. The Bertz CT molecular complexity index is 711. The van der Waals surface area contributed by atoms with Crippen molar-refractivity contribution in [2.75, 3.05) is 0 Å². The van der Waals surface area contributed by atoms with Crippen LogP contribution in [0.5, 0.6) is 0 Å². The van der Waals surface area contributed by atoms with Gasteiger partial charge in [-0.25, -0.2) is 9.78 Å².